The normalized spacial score (nSPS) is 14.8. The zero-order valence-corrected chi connectivity index (χ0v) is 13.5. The van der Waals surface area contributed by atoms with Crippen LogP contribution in [0.15, 0.2) is 48.8 Å². The number of rotatable bonds is 4. The number of carbonyl (C=O) groups excluding carboxylic acids is 2. The van der Waals surface area contributed by atoms with Crippen molar-refractivity contribution in [2.75, 3.05) is 10.6 Å². The minimum Gasteiger partial charge on any atom is -0.326 e. The summed E-state index contributed by atoms with van der Waals surface area (Å²) in [5, 5.41) is 5.80. The maximum Gasteiger partial charge on any atom is 0.255 e. The minimum absolute atomic E-state index is 0.0762. The fraction of sp³-hybridized carbons (Fsp3) is 0.316. The Kier molecular flexibility index (Phi) is 5.21. The fourth-order valence-corrected chi connectivity index (χ4v) is 2.99. The van der Waals surface area contributed by atoms with E-state index >= 15 is 0 Å². The maximum absolute atomic E-state index is 12.3. The summed E-state index contributed by atoms with van der Waals surface area (Å²) >= 11 is 0. The molecule has 1 aromatic carbocycles. The van der Waals surface area contributed by atoms with Crippen molar-refractivity contribution in [2.24, 2.45) is 5.92 Å². The minimum atomic E-state index is -0.201. The molecule has 124 valence electrons. The summed E-state index contributed by atoms with van der Waals surface area (Å²) in [6, 6.07) is 10.5. The summed E-state index contributed by atoms with van der Waals surface area (Å²) in [4.78, 5) is 28.4. The van der Waals surface area contributed by atoms with Crippen LogP contribution in [-0.4, -0.2) is 16.8 Å². The van der Waals surface area contributed by atoms with Crippen LogP contribution < -0.4 is 10.6 Å². The van der Waals surface area contributed by atoms with Crippen molar-refractivity contribution in [2.45, 2.75) is 32.1 Å². The number of nitrogens with one attached hydrogen (secondary N) is 2. The highest BCUT2D eigenvalue weighted by atomic mass is 16.2. The van der Waals surface area contributed by atoms with Crippen LogP contribution in [0.1, 0.15) is 42.5 Å². The second-order valence-corrected chi connectivity index (χ2v) is 6.10. The van der Waals surface area contributed by atoms with Gasteiger partial charge in [-0.2, -0.15) is 0 Å². The Hall–Kier alpha value is -2.69. The highest BCUT2D eigenvalue weighted by molar-refractivity contribution is 6.04. The Bertz CT molecular complexity index is 710. The lowest BCUT2D eigenvalue weighted by Gasteiger charge is -2.20. The third kappa shape index (κ3) is 4.19. The number of aromatic nitrogens is 1. The summed E-state index contributed by atoms with van der Waals surface area (Å²) in [5.41, 5.74) is 1.90. The van der Waals surface area contributed by atoms with Crippen LogP contribution in [0.25, 0.3) is 0 Å². The van der Waals surface area contributed by atoms with Crippen molar-refractivity contribution in [1.82, 2.24) is 4.98 Å². The Morgan fingerprint density at radius 1 is 0.917 bits per heavy atom. The first-order chi connectivity index (χ1) is 11.7. The van der Waals surface area contributed by atoms with Gasteiger partial charge < -0.3 is 10.6 Å². The zero-order valence-electron chi connectivity index (χ0n) is 13.5. The molecule has 1 saturated carbocycles. The number of anilines is 2. The van der Waals surface area contributed by atoms with Crippen molar-refractivity contribution in [1.29, 1.82) is 0 Å². The van der Waals surface area contributed by atoms with Crippen molar-refractivity contribution < 1.29 is 9.59 Å². The van der Waals surface area contributed by atoms with E-state index in [1.165, 1.54) is 6.42 Å². The molecule has 2 N–H and O–H groups in total. The molecule has 2 aromatic rings. The molecule has 1 aromatic heterocycles. The Balaban J connectivity index is 1.63. The van der Waals surface area contributed by atoms with Gasteiger partial charge >= 0.3 is 0 Å². The van der Waals surface area contributed by atoms with Crippen LogP contribution in [0.3, 0.4) is 0 Å². The molecule has 0 atom stereocenters. The van der Waals surface area contributed by atoms with Gasteiger partial charge in [0.2, 0.25) is 5.91 Å². The van der Waals surface area contributed by atoms with Gasteiger partial charge in [0.05, 0.1) is 0 Å². The number of pyridine rings is 1. The van der Waals surface area contributed by atoms with Gasteiger partial charge in [0.1, 0.15) is 0 Å². The first kappa shape index (κ1) is 16.2. The monoisotopic (exact) mass is 323 g/mol. The lowest BCUT2D eigenvalue weighted by Crippen LogP contribution is -2.24. The number of amides is 2. The van der Waals surface area contributed by atoms with Crippen molar-refractivity contribution in [3.05, 3.63) is 54.4 Å². The summed E-state index contributed by atoms with van der Waals surface area (Å²) in [5.74, 6) is -0.0192. The molecule has 1 aliphatic carbocycles. The lowest BCUT2D eigenvalue weighted by atomic mass is 9.88. The van der Waals surface area contributed by atoms with Crippen LogP contribution in [0.2, 0.25) is 0 Å². The van der Waals surface area contributed by atoms with E-state index in [0.29, 0.717) is 16.9 Å². The van der Waals surface area contributed by atoms with E-state index in [0.717, 1.165) is 25.7 Å². The predicted molar refractivity (Wildman–Crippen MR) is 93.8 cm³/mol. The van der Waals surface area contributed by atoms with Crippen molar-refractivity contribution in [3.63, 3.8) is 0 Å². The number of hydrogen-bond donors (Lipinski definition) is 2. The number of benzene rings is 1. The average molecular weight is 323 g/mol. The SMILES string of the molecule is O=C(Nc1cccc(NC(=O)C2CCCCC2)c1)c1ccncc1. The molecule has 24 heavy (non-hydrogen) atoms. The molecule has 0 aliphatic heterocycles. The highest BCUT2D eigenvalue weighted by Crippen LogP contribution is 2.25. The van der Waals surface area contributed by atoms with Crippen LogP contribution >= 0.6 is 0 Å². The van der Waals surface area contributed by atoms with Gasteiger partial charge in [-0.3, -0.25) is 14.6 Å². The Labute approximate surface area is 141 Å². The molecular formula is C19H21N3O2. The zero-order chi connectivity index (χ0) is 16.8. The Morgan fingerprint density at radius 2 is 1.58 bits per heavy atom. The fourth-order valence-electron chi connectivity index (χ4n) is 2.99. The van der Waals surface area contributed by atoms with E-state index in [2.05, 4.69) is 15.6 Å². The van der Waals surface area contributed by atoms with Crippen LogP contribution in [0.5, 0.6) is 0 Å². The number of nitrogens with zero attached hydrogens (tertiary/aromatic N) is 1. The summed E-state index contributed by atoms with van der Waals surface area (Å²) in [6.07, 6.45) is 8.56. The molecule has 1 fully saturated rings. The van der Waals surface area contributed by atoms with Gasteiger partial charge in [-0.15, -0.1) is 0 Å². The highest BCUT2D eigenvalue weighted by Gasteiger charge is 2.21. The van der Waals surface area contributed by atoms with E-state index in [4.69, 9.17) is 0 Å². The molecule has 0 saturated heterocycles. The molecule has 0 bridgehead atoms. The molecule has 5 nitrogen and oxygen atoms in total. The van der Waals surface area contributed by atoms with Crippen LogP contribution in [0, 0.1) is 5.92 Å². The summed E-state index contributed by atoms with van der Waals surface area (Å²) in [6.45, 7) is 0. The van der Waals surface area contributed by atoms with Crippen LogP contribution in [0.4, 0.5) is 11.4 Å². The standard InChI is InChI=1S/C19H21N3O2/c23-18(14-5-2-1-3-6-14)21-16-7-4-8-17(13-16)22-19(24)15-9-11-20-12-10-15/h4,7-14H,1-3,5-6H2,(H,21,23)(H,22,24). The van der Waals surface area contributed by atoms with E-state index in [9.17, 15) is 9.59 Å². The smallest absolute Gasteiger partial charge is 0.255 e. The van der Waals surface area contributed by atoms with Gasteiger partial charge in [-0.25, -0.2) is 0 Å². The summed E-state index contributed by atoms with van der Waals surface area (Å²) < 4.78 is 0. The first-order valence-electron chi connectivity index (χ1n) is 8.35. The predicted octanol–water partition coefficient (Wildman–Crippen LogP) is 3.85. The number of carbonyl (C=O) groups is 2. The van der Waals surface area contributed by atoms with E-state index in [1.54, 1.807) is 36.7 Å². The van der Waals surface area contributed by atoms with Gasteiger partial charge in [-0.1, -0.05) is 25.3 Å². The van der Waals surface area contributed by atoms with Crippen molar-refractivity contribution in [3.8, 4) is 0 Å². The average Bonchev–Trinajstić information content (AvgIpc) is 2.63. The molecule has 3 rings (SSSR count). The maximum atomic E-state index is 12.3. The van der Waals surface area contributed by atoms with Gasteiger partial charge in [0.25, 0.3) is 5.91 Å². The molecule has 2 amide bonds. The second kappa shape index (κ2) is 7.73. The van der Waals surface area contributed by atoms with Crippen LogP contribution in [-0.2, 0) is 4.79 Å². The third-order valence-corrected chi connectivity index (χ3v) is 4.31. The van der Waals surface area contributed by atoms with Gasteiger partial charge in [0, 0.05) is 35.2 Å². The molecule has 5 heteroatoms. The van der Waals surface area contributed by atoms with Gasteiger partial charge in [0.15, 0.2) is 0 Å². The largest absolute Gasteiger partial charge is 0.326 e. The summed E-state index contributed by atoms with van der Waals surface area (Å²) in [7, 11) is 0. The van der Waals surface area contributed by atoms with E-state index < -0.39 is 0 Å². The van der Waals surface area contributed by atoms with E-state index in [-0.39, 0.29) is 17.7 Å². The van der Waals surface area contributed by atoms with Crippen molar-refractivity contribution >= 4 is 23.2 Å². The molecule has 0 spiro atoms. The molecule has 1 heterocycles. The molecule has 0 radical (unpaired) electrons. The first-order valence-corrected chi connectivity index (χ1v) is 8.35. The topological polar surface area (TPSA) is 71.1 Å². The third-order valence-electron chi connectivity index (χ3n) is 4.31. The quantitative estimate of drug-likeness (QED) is 0.897. The number of hydrogen-bond acceptors (Lipinski definition) is 3. The lowest BCUT2D eigenvalue weighted by molar-refractivity contribution is -0.120. The molecule has 0 unspecified atom stereocenters. The molecular weight excluding hydrogens is 302 g/mol. The van der Waals surface area contributed by atoms with E-state index in [1.807, 2.05) is 12.1 Å². The second-order valence-electron chi connectivity index (χ2n) is 6.10. The molecule has 1 aliphatic rings. The Morgan fingerprint density at radius 3 is 2.29 bits per heavy atom. The van der Waals surface area contributed by atoms with Gasteiger partial charge in [-0.05, 0) is 43.2 Å².